The third-order valence-corrected chi connectivity index (χ3v) is 5.36. The number of carbonyl (C=O) groups excluding carboxylic acids is 1. The van der Waals surface area contributed by atoms with E-state index in [2.05, 4.69) is 36.5 Å². The van der Waals surface area contributed by atoms with Crippen LogP contribution in [0.1, 0.15) is 27.6 Å². The number of carbonyl (C=O) groups is 1. The van der Waals surface area contributed by atoms with Gasteiger partial charge < -0.3 is 15.4 Å². The molecule has 0 unspecified atom stereocenters. The van der Waals surface area contributed by atoms with E-state index in [1.54, 1.807) is 28.6 Å². The van der Waals surface area contributed by atoms with Gasteiger partial charge in [-0.3, -0.25) is 9.48 Å². The molecule has 3 aromatic heterocycles. The first kappa shape index (κ1) is 19.7. The Morgan fingerprint density at radius 1 is 1.25 bits per heavy atom. The molecule has 3 rings (SSSR count). The molecular formula is C16H19BrN8O3. The highest BCUT2D eigenvalue weighted by Crippen LogP contribution is 2.19. The number of halogens is 1. The van der Waals surface area contributed by atoms with Crippen LogP contribution in [0.15, 0.2) is 22.8 Å². The molecule has 1 amide bonds. The fourth-order valence-corrected chi connectivity index (χ4v) is 2.97. The number of nitrogens with zero attached hydrogens (tertiary/aromatic N) is 7. The van der Waals surface area contributed by atoms with Gasteiger partial charge >= 0.3 is 5.82 Å². The van der Waals surface area contributed by atoms with Crippen molar-refractivity contribution in [3.63, 3.8) is 0 Å². The Bertz CT molecular complexity index is 1040. The van der Waals surface area contributed by atoms with Gasteiger partial charge in [-0.15, -0.1) is 0 Å². The van der Waals surface area contributed by atoms with Gasteiger partial charge in [0.15, 0.2) is 0 Å². The highest BCUT2D eigenvalue weighted by Gasteiger charge is 2.16. The predicted molar refractivity (Wildman–Crippen MR) is 103 cm³/mol. The smallest absolute Gasteiger partial charge is 0.358 e. The van der Waals surface area contributed by atoms with E-state index >= 15 is 0 Å². The first-order valence-electron chi connectivity index (χ1n) is 8.46. The normalized spacial score (nSPS) is 11.0. The molecule has 3 aromatic rings. The number of aromatic nitrogens is 6. The van der Waals surface area contributed by atoms with E-state index in [4.69, 9.17) is 0 Å². The maximum atomic E-state index is 12.3. The standard InChI is InChI=1S/C16H19BrN8O3/c1-10-8-14(25(27)28)21-23(10)7-5-18-16(26)13-4-6-22(20-13)9-24-12(3)15(17)11(2)19-24/h4,6,8H,5,7,9H2,1-3H3,(H,18,26). The molecule has 0 aliphatic carbocycles. The number of rotatable bonds is 7. The Morgan fingerprint density at radius 3 is 2.61 bits per heavy atom. The zero-order valence-corrected chi connectivity index (χ0v) is 17.2. The zero-order valence-electron chi connectivity index (χ0n) is 15.6. The second-order valence-electron chi connectivity index (χ2n) is 6.25. The number of nitro groups is 1. The minimum atomic E-state index is -0.546. The van der Waals surface area contributed by atoms with E-state index in [0.29, 0.717) is 18.9 Å². The lowest BCUT2D eigenvalue weighted by atomic mass is 10.4. The summed E-state index contributed by atoms with van der Waals surface area (Å²) >= 11 is 3.48. The molecule has 0 spiro atoms. The second kappa shape index (κ2) is 7.92. The summed E-state index contributed by atoms with van der Waals surface area (Å²) in [6.07, 6.45) is 1.71. The predicted octanol–water partition coefficient (Wildman–Crippen LogP) is 1.81. The van der Waals surface area contributed by atoms with Gasteiger partial charge in [-0.05, 0) is 47.7 Å². The largest absolute Gasteiger partial charge is 0.390 e. The van der Waals surface area contributed by atoms with Crippen molar-refractivity contribution >= 4 is 27.7 Å². The van der Waals surface area contributed by atoms with Crippen molar-refractivity contribution in [1.29, 1.82) is 0 Å². The fraction of sp³-hybridized carbons (Fsp3) is 0.375. The Kier molecular flexibility index (Phi) is 5.58. The summed E-state index contributed by atoms with van der Waals surface area (Å²) in [6.45, 7) is 6.57. The minimum absolute atomic E-state index is 0.210. The van der Waals surface area contributed by atoms with E-state index in [1.165, 1.54) is 10.7 Å². The molecular weight excluding hydrogens is 432 g/mol. The number of nitrogens with one attached hydrogen (secondary N) is 1. The van der Waals surface area contributed by atoms with Crippen LogP contribution in [0.3, 0.4) is 0 Å². The van der Waals surface area contributed by atoms with Crippen molar-refractivity contribution < 1.29 is 9.72 Å². The van der Waals surface area contributed by atoms with Crippen molar-refractivity contribution in [3.05, 3.63) is 55.7 Å². The lowest BCUT2D eigenvalue weighted by Crippen LogP contribution is -2.28. The van der Waals surface area contributed by atoms with E-state index in [1.807, 2.05) is 13.8 Å². The van der Waals surface area contributed by atoms with Crippen LogP contribution < -0.4 is 5.32 Å². The maximum Gasteiger partial charge on any atom is 0.390 e. The Balaban J connectivity index is 1.57. The van der Waals surface area contributed by atoms with Gasteiger partial charge in [-0.2, -0.15) is 14.9 Å². The number of hydrogen-bond acceptors (Lipinski definition) is 6. The first-order valence-corrected chi connectivity index (χ1v) is 9.25. The van der Waals surface area contributed by atoms with Crippen LogP contribution in [0.4, 0.5) is 5.82 Å². The van der Waals surface area contributed by atoms with Crippen molar-refractivity contribution in [1.82, 2.24) is 34.7 Å². The summed E-state index contributed by atoms with van der Waals surface area (Å²) in [5.74, 6) is -0.536. The monoisotopic (exact) mass is 450 g/mol. The summed E-state index contributed by atoms with van der Waals surface area (Å²) < 4.78 is 5.85. The van der Waals surface area contributed by atoms with Gasteiger partial charge in [0.25, 0.3) is 5.91 Å². The third-order valence-electron chi connectivity index (χ3n) is 4.21. The number of aryl methyl sites for hydroxylation is 2. The second-order valence-corrected chi connectivity index (χ2v) is 7.04. The molecule has 0 saturated carbocycles. The van der Waals surface area contributed by atoms with Crippen LogP contribution in [0.2, 0.25) is 0 Å². The van der Waals surface area contributed by atoms with E-state index in [-0.39, 0.29) is 24.0 Å². The van der Waals surface area contributed by atoms with Gasteiger partial charge in [0.2, 0.25) is 0 Å². The lowest BCUT2D eigenvalue weighted by molar-refractivity contribution is -0.389. The topological polar surface area (TPSA) is 126 Å². The Morgan fingerprint density at radius 2 is 2.00 bits per heavy atom. The van der Waals surface area contributed by atoms with Crippen LogP contribution in [-0.4, -0.2) is 46.7 Å². The Hall–Kier alpha value is -3.02. The van der Waals surface area contributed by atoms with E-state index in [0.717, 1.165) is 15.9 Å². The van der Waals surface area contributed by atoms with Crippen molar-refractivity contribution in [3.8, 4) is 0 Å². The molecule has 28 heavy (non-hydrogen) atoms. The van der Waals surface area contributed by atoms with Crippen molar-refractivity contribution in [2.24, 2.45) is 0 Å². The molecule has 11 nitrogen and oxygen atoms in total. The van der Waals surface area contributed by atoms with Gasteiger partial charge in [-0.1, -0.05) is 0 Å². The Labute approximate surface area is 168 Å². The summed E-state index contributed by atoms with van der Waals surface area (Å²) in [5.41, 5.74) is 2.80. The molecule has 0 saturated heterocycles. The zero-order chi connectivity index (χ0) is 20.4. The molecule has 0 fully saturated rings. The molecule has 0 aliphatic heterocycles. The highest BCUT2D eigenvalue weighted by atomic mass is 79.9. The van der Waals surface area contributed by atoms with Crippen LogP contribution >= 0.6 is 15.9 Å². The fourth-order valence-electron chi connectivity index (χ4n) is 2.69. The summed E-state index contributed by atoms with van der Waals surface area (Å²) in [7, 11) is 0. The summed E-state index contributed by atoms with van der Waals surface area (Å²) in [5, 5.41) is 26.1. The summed E-state index contributed by atoms with van der Waals surface area (Å²) in [4.78, 5) is 22.5. The molecule has 3 heterocycles. The summed E-state index contributed by atoms with van der Waals surface area (Å²) in [6, 6.07) is 3.01. The van der Waals surface area contributed by atoms with Crippen LogP contribution in [0.25, 0.3) is 0 Å². The molecule has 0 bridgehead atoms. The molecule has 0 aromatic carbocycles. The number of amides is 1. The third kappa shape index (κ3) is 4.11. The lowest BCUT2D eigenvalue weighted by Gasteiger charge is -2.05. The quantitative estimate of drug-likeness (QED) is 0.431. The van der Waals surface area contributed by atoms with Crippen molar-refractivity contribution in [2.45, 2.75) is 34.0 Å². The van der Waals surface area contributed by atoms with Crippen LogP contribution in [0.5, 0.6) is 0 Å². The highest BCUT2D eigenvalue weighted by molar-refractivity contribution is 9.10. The van der Waals surface area contributed by atoms with Gasteiger partial charge in [-0.25, -0.2) is 4.68 Å². The molecule has 148 valence electrons. The van der Waals surface area contributed by atoms with Crippen molar-refractivity contribution in [2.75, 3.05) is 6.54 Å². The maximum absolute atomic E-state index is 12.3. The van der Waals surface area contributed by atoms with Gasteiger partial charge in [0.05, 0.1) is 39.3 Å². The van der Waals surface area contributed by atoms with E-state index in [9.17, 15) is 14.9 Å². The first-order chi connectivity index (χ1) is 13.3. The minimum Gasteiger partial charge on any atom is -0.358 e. The van der Waals surface area contributed by atoms with Gasteiger partial charge in [0.1, 0.15) is 12.4 Å². The van der Waals surface area contributed by atoms with E-state index < -0.39 is 4.92 Å². The SMILES string of the molecule is Cc1nn(Cn2ccc(C(=O)NCCn3nc([N+](=O)[O-])cc3C)n2)c(C)c1Br. The average Bonchev–Trinajstić information content (AvgIpc) is 3.32. The van der Waals surface area contributed by atoms with Crippen LogP contribution in [0, 0.1) is 30.9 Å². The van der Waals surface area contributed by atoms with Gasteiger partial charge in [0, 0.05) is 12.7 Å². The number of hydrogen-bond donors (Lipinski definition) is 1. The molecule has 1 N–H and O–H groups in total. The molecule has 0 aliphatic rings. The molecule has 0 atom stereocenters. The average molecular weight is 451 g/mol. The van der Waals surface area contributed by atoms with Crippen LogP contribution in [-0.2, 0) is 13.2 Å². The molecule has 0 radical (unpaired) electrons. The molecule has 12 heteroatoms.